The van der Waals surface area contributed by atoms with Crippen LogP contribution in [0.2, 0.25) is 0 Å². The van der Waals surface area contributed by atoms with Gasteiger partial charge in [0.05, 0.1) is 12.4 Å². The fraction of sp³-hybridized carbons (Fsp3) is 0.944. The zero-order valence-electron chi connectivity index (χ0n) is 14.4. The molecule has 22 heavy (non-hydrogen) atoms. The van der Waals surface area contributed by atoms with Crippen LogP contribution >= 0.6 is 12.6 Å². The van der Waals surface area contributed by atoms with Crippen molar-refractivity contribution >= 4 is 18.6 Å². The number of hydrogen-bond donors (Lipinski definition) is 1. The number of thiol groups is 1. The van der Waals surface area contributed by atoms with E-state index in [1.165, 1.54) is 83.5 Å². The molecule has 0 spiro atoms. The Morgan fingerprint density at radius 2 is 1.09 bits per heavy atom. The molecule has 2 nitrogen and oxygen atoms in total. The van der Waals surface area contributed by atoms with Crippen LogP contribution in [0.5, 0.6) is 0 Å². The Kier molecular flexibility index (Phi) is 23.9. The van der Waals surface area contributed by atoms with E-state index in [1.807, 2.05) is 0 Å². The first kappa shape index (κ1) is 24.6. The van der Waals surface area contributed by atoms with Gasteiger partial charge >= 0.3 is 5.97 Å². The smallest absolute Gasteiger partial charge is 0.315 e. The van der Waals surface area contributed by atoms with E-state index in [-0.39, 0.29) is 28.8 Å². The molecular weight excluding hydrogens is 344 g/mol. The number of carbonyl (C=O) groups excluding carboxylic acids is 1. The third kappa shape index (κ3) is 20.3. The molecule has 0 aromatic heterocycles. The molecule has 0 aliphatic heterocycles. The molecule has 0 fully saturated rings. The standard InChI is InChI=1S/C18H36O2S.Cu/c1-2-3-4-5-6-7-8-9-10-11-12-13-14-15-16-20-18(19)17-21;/h21H,2-17H2,1H3;. The molecule has 0 unspecified atom stereocenters. The predicted molar refractivity (Wildman–Crippen MR) is 95.1 cm³/mol. The molecule has 0 aliphatic carbocycles. The molecule has 0 rings (SSSR count). The molecule has 0 heterocycles. The van der Waals surface area contributed by atoms with Gasteiger partial charge in [0.1, 0.15) is 0 Å². The Hall–Kier alpha value is 0.339. The second-order valence-corrected chi connectivity index (χ2v) is 6.29. The summed E-state index contributed by atoms with van der Waals surface area (Å²) in [5, 5.41) is 0. The Morgan fingerprint density at radius 3 is 1.45 bits per heavy atom. The minimum Gasteiger partial charge on any atom is -0.465 e. The Labute approximate surface area is 154 Å². The maximum atomic E-state index is 10.8. The molecule has 4 heteroatoms. The van der Waals surface area contributed by atoms with Crippen molar-refractivity contribution < 1.29 is 26.6 Å². The van der Waals surface area contributed by atoms with Crippen LogP contribution in [-0.4, -0.2) is 18.3 Å². The van der Waals surface area contributed by atoms with Gasteiger partial charge in [0.2, 0.25) is 0 Å². The summed E-state index contributed by atoms with van der Waals surface area (Å²) in [6.45, 7) is 2.84. The van der Waals surface area contributed by atoms with E-state index in [1.54, 1.807) is 0 Å². The molecule has 0 N–H and O–H groups in total. The van der Waals surface area contributed by atoms with Gasteiger partial charge in [-0.25, -0.2) is 0 Å². The van der Waals surface area contributed by atoms with Crippen molar-refractivity contribution in [1.29, 1.82) is 0 Å². The number of ether oxygens (including phenoxy) is 1. The van der Waals surface area contributed by atoms with E-state index >= 15 is 0 Å². The summed E-state index contributed by atoms with van der Waals surface area (Å²) in [5.41, 5.74) is 0. The largest absolute Gasteiger partial charge is 0.465 e. The number of hydrogen-bond acceptors (Lipinski definition) is 3. The topological polar surface area (TPSA) is 26.3 Å². The molecule has 1 radical (unpaired) electrons. The van der Waals surface area contributed by atoms with Gasteiger partial charge in [-0.05, 0) is 6.42 Å². The van der Waals surface area contributed by atoms with Gasteiger partial charge in [0.25, 0.3) is 0 Å². The molecule has 0 aromatic rings. The van der Waals surface area contributed by atoms with Gasteiger partial charge in [-0.3, -0.25) is 4.79 Å². The molecule has 0 bridgehead atoms. The normalized spacial score (nSPS) is 10.3. The average Bonchev–Trinajstić information content (AvgIpc) is 2.50. The maximum absolute atomic E-state index is 10.8. The van der Waals surface area contributed by atoms with E-state index in [0.29, 0.717) is 6.61 Å². The summed E-state index contributed by atoms with van der Waals surface area (Å²) >= 11 is 3.87. The first-order valence-electron chi connectivity index (χ1n) is 9.07. The summed E-state index contributed by atoms with van der Waals surface area (Å²) in [5.74, 6) is -0.00784. The molecular formula is C18H36CuO2S. The fourth-order valence-electron chi connectivity index (χ4n) is 2.53. The van der Waals surface area contributed by atoms with E-state index in [4.69, 9.17) is 4.74 Å². The zero-order valence-corrected chi connectivity index (χ0v) is 16.2. The van der Waals surface area contributed by atoms with Gasteiger partial charge in [-0.1, -0.05) is 90.4 Å². The van der Waals surface area contributed by atoms with Crippen molar-refractivity contribution in [3.05, 3.63) is 0 Å². The van der Waals surface area contributed by atoms with Crippen molar-refractivity contribution in [2.75, 3.05) is 12.4 Å². The van der Waals surface area contributed by atoms with Crippen molar-refractivity contribution in [1.82, 2.24) is 0 Å². The van der Waals surface area contributed by atoms with Crippen LogP contribution in [-0.2, 0) is 26.6 Å². The van der Waals surface area contributed by atoms with Gasteiger partial charge in [-0.15, -0.1) is 0 Å². The molecule has 0 saturated carbocycles. The van der Waals surface area contributed by atoms with Crippen LogP contribution in [0, 0.1) is 0 Å². The minimum atomic E-state index is -0.201. The van der Waals surface area contributed by atoms with Crippen LogP contribution in [0.15, 0.2) is 0 Å². The molecule has 0 aliphatic rings. The van der Waals surface area contributed by atoms with Crippen LogP contribution in [0.4, 0.5) is 0 Å². The Morgan fingerprint density at radius 1 is 0.727 bits per heavy atom. The third-order valence-electron chi connectivity index (χ3n) is 3.89. The van der Waals surface area contributed by atoms with E-state index in [9.17, 15) is 4.79 Å². The van der Waals surface area contributed by atoms with Gasteiger partial charge in [0.15, 0.2) is 0 Å². The quantitative estimate of drug-likeness (QED) is 0.155. The first-order chi connectivity index (χ1) is 10.3. The summed E-state index contributed by atoms with van der Waals surface area (Å²) in [7, 11) is 0. The van der Waals surface area contributed by atoms with Crippen LogP contribution in [0.25, 0.3) is 0 Å². The van der Waals surface area contributed by atoms with Gasteiger partial charge in [-0.2, -0.15) is 12.6 Å². The maximum Gasteiger partial charge on any atom is 0.315 e. The predicted octanol–water partition coefficient (Wildman–Crippen LogP) is 5.94. The number of carbonyl (C=O) groups is 1. The zero-order chi connectivity index (χ0) is 15.6. The average molecular weight is 380 g/mol. The van der Waals surface area contributed by atoms with Crippen LogP contribution < -0.4 is 0 Å². The number of esters is 1. The molecule has 0 atom stereocenters. The van der Waals surface area contributed by atoms with Crippen LogP contribution in [0.1, 0.15) is 96.8 Å². The van der Waals surface area contributed by atoms with Crippen molar-refractivity contribution in [2.24, 2.45) is 0 Å². The Bertz CT molecular complexity index is 225. The molecule has 137 valence electrons. The summed E-state index contributed by atoms with van der Waals surface area (Å²) < 4.78 is 4.98. The van der Waals surface area contributed by atoms with Gasteiger partial charge < -0.3 is 4.74 Å². The third-order valence-corrected chi connectivity index (χ3v) is 4.15. The molecule has 0 amide bonds. The SMILES string of the molecule is CCCCCCCCCCCCCCCCOC(=O)CS.[Cu]. The van der Waals surface area contributed by atoms with E-state index in [0.717, 1.165) is 6.42 Å². The summed E-state index contributed by atoms with van der Waals surface area (Å²) in [6.07, 6.45) is 18.9. The van der Waals surface area contributed by atoms with Crippen molar-refractivity contribution in [3.63, 3.8) is 0 Å². The summed E-state index contributed by atoms with van der Waals surface area (Å²) in [4.78, 5) is 10.8. The number of unbranched alkanes of at least 4 members (excludes halogenated alkanes) is 13. The van der Waals surface area contributed by atoms with E-state index < -0.39 is 0 Å². The first-order valence-corrected chi connectivity index (χ1v) is 9.71. The Balaban J connectivity index is 0. The van der Waals surface area contributed by atoms with Crippen LogP contribution in [0.3, 0.4) is 0 Å². The van der Waals surface area contributed by atoms with Crippen molar-refractivity contribution in [2.45, 2.75) is 96.8 Å². The second kappa shape index (κ2) is 21.3. The molecule has 0 aromatic carbocycles. The second-order valence-electron chi connectivity index (χ2n) is 5.97. The monoisotopic (exact) mass is 379 g/mol. The number of rotatable bonds is 16. The molecule has 0 saturated heterocycles. The minimum absolute atomic E-state index is 0. The van der Waals surface area contributed by atoms with Crippen molar-refractivity contribution in [3.8, 4) is 0 Å². The van der Waals surface area contributed by atoms with Gasteiger partial charge in [0, 0.05) is 17.1 Å². The van der Waals surface area contributed by atoms with E-state index in [2.05, 4.69) is 19.6 Å². The summed E-state index contributed by atoms with van der Waals surface area (Å²) in [6, 6.07) is 0. The fourth-order valence-corrected chi connectivity index (χ4v) is 2.62.